The lowest BCUT2D eigenvalue weighted by Gasteiger charge is -2.27. The van der Waals surface area contributed by atoms with E-state index >= 15 is 0 Å². The van der Waals surface area contributed by atoms with Gasteiger partial charge in [-0.15, -0.1) is 11.3 Å². The maximum atomic E-state index is 13.1. The van der Waals surface area contributed by atoms with E-state index < -0.39 is 15.8 Å². The highest BCUT2D eigenvalue weighted by atomic mass is 35.5. The fraction of sp³-hybridized carbons (Fsp3) is 0.150. The molecule has 0 spiro atoms. The Hall–Kier alpha value is -2.42. The quantitative estimate of drug-likeness (QED) is 0.634. The van der Waals surface area contributed by atoms with Crippen LogP contribution in [0.4, 0.5) is 10.1 Å². The number of fused-ring (bicyclic) bond motifs is 1. The number of halogens is 2. The lowest BCUT2D eigenvalue weighted by atomic mass is 10.1. The molecule has 0 unspecified atom stereocenters. The molecule has 1 aliphatic heterocycles. The van der Waals surface area contributed by atoms with E-state index in [4.69, 9.17) is 11.6 Å². The molecule has 2 heterocycles. The molecule has 3 aromatic rings. The lowest BCUT2D eigenvalue weighted by Crippen LogP contribution is -2.35. The molecular weight excluding hydrogens is 435 g/mol. The molecule has 0 saturated carbocycles. The number of anilines is 1. The Kier molecular flexibility index (Phi) is 5.33. The number of thiophene rings is 1. The fourth-order valence-corrected chi connectivity index (χ4v) is 5.34. The second kappa shape index (κ2) is 7.78. The van der Waals surface area contributed by atoms with Crippen molar-refractivity contribution in [1.29, 1.82) is 0 Å². The van der Waals surface area contributed by atoms with Gasteiger partial charge in [-0.05, 0) is 65.9 Å². The summed E-state index contributed by atoms with van der Waals surface area (Å²) in [6, 6.07) is 10.9. The normalized spacial score (nSPS) is 13.8. The van der Waals surface area contributed by atoms with Crippen LogP contribution in [0.25, 0.3) is 0 Å². The molecule has 1 aromatic heterocycles. The third-order valence-corrected chi connectivity index (χ3v) is 7.41. The third kappa shape index (κ3) is 4.14. The number of sulfonamides is 1. The van der Waals surface area contributed by atoms with Gasteiger partial charge in [0.2, 0.25) is 0 Å². The molecule has 9 heteroatoms. The average Bonchev–Trinajstić information content (AvgIpc) is 3.17. The highest BCUT2D eigenvalue weighted by Gasteiger charge is 2.24. The van der Waals surface area contributed by atoms with E-state index in [0.29, 0.717) is 18.7 Å². The summed E-state index contributed by atoms with van der Waals surface area (Å²) < 4.78 is 40.6. The standard InChI is InChI=1S/C20H16ClFN2O3S2/c21-17-6-1-13(20(25)24-9-7-19-14(12-24)8-10-28-19)11-18(17)23-29(26,27)16-4-2-15(22)3-5-16/h1-6,8,10-11,23H,7,9,12H2. The van der Waals surface area contributed by atoms with E-state index in [1.54, 1.807) is 22.3 Å². The first kappa shape index (κ1) is 19.9. The van der Waals surface area contributed by atoms with Crippen LogP contribution in [0, 0.1) is 5.82 Å². The number of hydrogen-bond acceptors (Lipinski definition) is 4. The third-order valence-electron chi connectivity index (χ3n) is 4.68. The topological polar surface area (TPSA) is 66.5 Å². The molecule has 0 bridgehead atoms. The monoisotopic (exact) mass is 450 g/mol. The first-order valence-corrected chi connectivity index (χ1v) is 11.5. The van der Waals surface area contributed by atoms with Crippen LogP contribution in [0.2, 0.25) is 5.02 Å². The highest BCUT2D eigenvalue weighted by Crippen LogP contribution is 2.29. The molecule has 150 valence electrons. The smallest absolute Gasteiger partial charge is 0.261 e. The van der Waals surface area contributed by atoms with Crippen LogP contribution in [0.15, 0.2) is 58.8 Å². The van der Waals surface area contributed by atoms with Crippen LogP contribution in [-0.2, 0) is 23.0 Å². The average molecular weight is 451 g/mol. The van der Waals surface area contributed by atoms with Crippen molar-refractivity contribution in [2.24, 2.45) is 0 Å². The Morgan fingerprint density at radius 3 is 2.66 bits per heavy atom. The minimum absolute atomic E-state index is 0.0927. The summed E-state index contributed by atoms with van der Waals surface area (Å²) in [5.41, 5.74) is 1.57. The van der Waals surface area contributed by atoms with Crippen LogP contribution >= 0.6 is 22.9 Å². The zero-order valence-corrected chi connectivity index (χ0v) is 17.5. The van der Waals surface area contributed by atoms with Crippen molar-refractivity contribution < 1.29 is 17.6 Å². The Morgan fingerprint density at radius 2 is 1.90 bits per heavy atom. The van der Waals surface area contributed by atoms with Gasteiger partial charge in [-0.1, -0.05) is 11.6 Å². The molecule has 5 nitrogen and oxygen atoms in total. The van der Waals surface area contributed by atoms with Crippen molar-refractivity contribution >= 4 is 44.6 Å². The number of carbonyl (C=O) groups excluding carboxylic acids is 1. The largest absolute Gasteiger partial charge is 0.334 e. The molecule has 1 aliphatic rings. The molecule has 0 radical (unpaired) electrons. The molecule has 29 heavy (non-hydrogen) atoms. The van der Waals surface area contributed by atoms with E-state index in [0.717, 1.165) is 36.2 Å². The van der Waals surface area contributed by atoms with Gasteiger partial charge in [0.25, 0.3) is 15.9 Å². The first-order valence-electron chi connectivity index (χ1n) is 8.76. The number of hydrogen-bond donors (Lipinski definition) is 1. The number of nitrogens with one attached hydrogen (secondary N) is 1. The van der Waals surface area contributed by atoms with Gasteiger partial charge in [0, 0.05) is 23.5 Å². The van der Waals surface area contributed by atoms with Gasteiger partial charge >= 0.3 is 0 Å². The van der Waals surface area contributed by atoms with E-state index in [9.17, 15) is 17.6 Å². The Balaban J connectivity index is 1.58. The van der Waals surface area contributed by atoms with Crippen molar-refractivity contribution in [3.8, 4) is 0 Å². The molecule has 4 rings (SSSR count). The van der Waals surface area contributed by atoms with Crippen LogP contribution in [-0.4, -0.2) is 25.8 Å². The van der Waals surface area contributed by atoms with E-state index in [2.05, 4.69) is 4.72 Å². The van der Waals surface area contributed by atoms with Crippen molar-refractivity contribution in [3.05, 3.63) is 80.8 Å². The summed E-state index contributed by atoms with van der Waals surface area (Å²) in [5, 5.41) is 2.18. The van der Waals surface area contributed by atoms with E-state index in [-0.39, 0.29) is 21.5 Å². The van der Waals surface area contributed by atoms with Gasteiger partial charge in [-0.3, -0.25) is 9.52 Å². The summed E-state index contributed by atoms with van der Waals surface area (Å²) in [4.78, 5) is 15.9. The summed E-state index contributed by atoms with van der Waals surface area (Å²) in [7, 11) is -3.98. The van der Waals surface area contributed by atoms with Crippen LogP contribution in [0.1, 0.15) is 20.8 Å². The molecule has 1 amide bonds. The molecule has 0 aliphatic carbocycles. The molecule has 0 saturated heterocycles. The summed E-state index contributed by atoms with van der Waals surface area (Å²) in [6.07, 6.45) is 0.802. The number of amides is 1. The minimum Gasteiger partial charge on any atom is -0.334 e. The first-order chi connectivity index (χ1) is 13.8. The summed E-state index contributed by atoms with van der Waals surface area (Å²) >= 11 is 7.84. The Morgan fingerprint density at radius 1 is 1.14 bits per heavy atom. The molecule has 2 aromatic carbocycles. The van der Waals surface area contributed by atoms with Crippen LogP contribution < -0.4 is 4.72 Å². The molecular formula is C20H16ClFN2O3S2. The summed E-state index contributed by atoms with van der Waals surface area (Å²) in [5.74, 6) is -0.731. The molecule has 1 N–H and O–H groups in total. The summed E-state index contributed by atoms with van der Waals surface area (Å²) in [6.45, 7) is 1.13. The van der Waals surface area contributed by atoms with Gasteiger partial charge < -0.3 is 4.90 Å². The van der Waals surface area contributed by atoms with Crippen molar-refractivity contribution in [2.75, 3.05) is 11.3 Å². The predicted octanol–water partition coefficient (Wildman–Crippen LogP) is 4.54. The van der Waals surface area contributed by atoms with Gasteiger partial charge in [-0.2, -0.15) is 0 Å². The zero-order valence-electron chi connectivity index (χ0n) is 15.1. The Bertz CT molecular complexity index is 1180. The number of rotatable bonds is 4. The maximum Gasteiger partial charge on any atom is 0.261 e. The minimum atomic E-state index is -3.98. The lowest BCUT2D eigenvalue weighted by molar-refractivity contribution is 0.0736. The highest BCUT2D eigenvalue weighted by molar-refractivity contribution is 7.92. The van der Waals surface area contributed by atoms with E-state index in [1.165, 1.54) is 17.0 Å². The number of benzene rings is 2. The maximum absolute atomic E-state index is 13.1. The SMILES string of the molecule is O=C(c1ccc(Cl)c(NS(=O)(=O)c2ccc(F)cc2)c1)N1CCc2sccc2C1. The zero-order chi connectivity index (χ0) is 20.6. The van der Waals surface area contributed by atoms with Crippen LogP contribution in [0.3, 0.4) is 0 Å². The van der Waals surface area contributed by atoms with Crippen molar-refractivity contribution in [2.45, 2.75) is 17.9 Å². The predicted molar refractivity (Wildman–Crippen MR) is 111 cm³/mol. The van der Waals surface area contributed by atoms with Crippen LogP contribution in [0.5, 0.6) is 0 Å². The molecule has 0 fully saturated rings. The van der Waals surface area contributed by atoms with E-state index in [1.807, 2.05) is 11.4 Å². The number of nitrogens with zero attached hydrogens (tertiary/aromatic N) is 1. The second-order valence-corrected chi connectivity index (χ2v) is 9.69. The van der Waals surface area contributed by atoms with Gasteiger partial charge in [0.15, 0.2) is 0 Å². The van der Waals surface area contributed by atoms with Crippen molar-refractivity contribution in [3.63, 3.8) is 0 Å². The molecule has 0 atom stereocenters. The van der Waals surface area contributed by atoms with Gasteiger partial charge in [0.05, 0.1) is 15.6 Å². The van der Waals surface area contributed by atoms with Crippen molar-refractivity contribution in [1.82, 2.24) is 4.90 Å². The number of carbonyl (C=O) groups is 1. The van der Waals surface area contributed by atoms with Gasteiger partial charge in [-0.25, -0.2) is 12.8 Å². The fourth-order valence-electron chi connectivity index (χ4n) is 3.16. The second-order valence-electron chi connectivity index (χ2n) is 6.60. The Labute approximate surface area is 176 Å². The van der Waals surface area contributed by atoms with Gasteiger partial charge in [0.1, 0.15) is 5.82 Å².